The van der Waals surface area contributed by atoms with Crippen molar-refractivity contribution in [1.82, 2.24) is 10.2 Å². The average molecular weight is 285 g/mol. The minimum atomic E-state index is -0.202. The van der Waals surface area contributed by atoms with Gasteiger partial charge in [0.2, 0.25) is 0 Å². The van der Waals surface area contributed by atoms with Gasteiger partial charge in [-0.05, 0) is 12.0 Å². The second kappa shape index (κ2) is 8.02. The summed E-state index contributed by atoms with van der Waals surface area (Å²) in [6, 6.07) is 10.0. The summed E-state index contributed by atoms with van der Waals surface area (Å²) < 4.78 is 5.36. The van der Waals surface area contributed by atoms with Crippen molar-refractivity contribution in [2.45, 2.75) is 26.0 Å². The Hall–Kier alpha value is -1.26. The van der Waals surface area contributed by atoms with Crippen LogP contribution in [0.4, 0.5) is 4.79 Å². The van der Waals surface area contributed by atoms with E-state index in [0.29, 0.717) is 6.61 Å². The number of carbonyl (C=O) groups is 1. The highest BCUT2D eigenvalue weighted by molar-refractivity contribution is 5.85. The maximum Gasteiger partial charge on any atom is 0.410 e. The fourth-order valence-corrected chi connectivity index (χ4v) is 2.17. The lowest BCUT2D eigenvalue weighted by Gasteiger charge is -2.34. The molecule has 1 aromatic rings. The third-order valence-electron chi connectivity index (χ3n) is 3.26. The molecule has 0 unspecified atom stereocenters. The summed E-state index contributed by atoms with van der Waals surface area (Å²) in [5.74, 6) is 0. The minimum absolute atomic E-state index is 0. The number of hydrogen-bond donors (Lipinski definition) is 1. The monoisotopic (exact) mass is 284 g/mol. The van der Waals surface area contributed by atoms with E-state index in [1.807, 2.05) is 35.2 Å². The molecule has 1 N–H and O–H groups in total. The number of carbonyl (C=O) groups excluding carboxylic acids is 1. The maximum atomic E-state index is 12.0. The van der Waals surface area contributed by atoms with Gasteiger partial charge in [0.1, 0.15) is 6.61 Å². The number of benzene rings is 1. The van der Waals surface area contributed by atoms with Crippen molar-refractivity contribution in [3.63, 3.8) is 0 Å². The molecule has 0 bridgehead atoms. The van der Waals surface area contributed by atoms with Crippen LogP contribution in [0.5, 0.6) is 0 Å². The third-order valence-corrected chi connectivity index (χ3v) is 3.26. The summed E-state index contributed by atoms with van der Waals surface area (Å²) in [6.07, 6.45) is 0.750. The quantitative estimate of drug-likeness (QED) is 0.927. The highest BCUT2D eigenvalue weighted by Gasteiger charge is 2.26. The predicted molar refractivity (Wildman–Crippen MR) is 77.5 cm³/mol. The molecule has 1 aromatic carbocycles. The Morgan fingerprint density at radius 2 is 2.16 bits per heavy atom. The van der Waals surface area contributed by atoms with Crippen molar-refractivity contribution in [2.24, 2.45) is 0 Å². The van der Waals surface area contributed by atoms with Gasteiger partial charge in [-0.1, -0.05) is 37.3 Å². The van der Waals surface area contributed by atoms with E-state index in [2.05, 4.69) is 12.2 Å². The van der Waals surface area contributed by atoms with E-state index in [-0.39, 0.29) is 24.5 Å². The standard InChI is InChI=1S/C14H20N2O2.ClH/c1-2-13-10-15-8-9-16(13)14(17)18-11-12-6-4-3-5-7-12;/h3-7,13,15H,2,8-11H2,1H3;1H/t13-;/m0./s1. The van der Waals surface area contributed by atoms with Crippen LogP contribution in [0.1, 0.15) is 18.9 Å². The van der Waals surface area contributed by atoms with Crippen LogP contribution in [0.3, 0.4) is 0 Å². The molecule has 106 valence electrons. The van der Waals surface area contributed by atoms with Crippen molar-refractivity contribution < 1.29 is 9.53 Å². The van der Waals surface area contributed by atoms with Gasteiger partial charge in [0, 0.05) is 25.7 Å². The van der Waals surface area contributed by atoms with Crippen molar-refractivity contribution in [3.8, 4) is 0 Å². The first-order chi connectivity index (χ1) is 8.81. The van der Waals surface area contributed by atoms with Crippen molar-refractivity contribution >= 4 is 18.5 Å². The first-order valence-corrected chi connectivity index (χ1v) is 6.49. The highest BCUT2D eigenvalue weighted by atomic mass is 35.5. The van der Waals surface area contributed by atoms with Crippen LogP contribution < -0.4 is 5.32 Å². The number of nitrogens with one attached hydrogen (secondary N) is 1. The summed E-state index contributed by atoms with van der Waals surface area (Å²) in [6.45, 7) is 4.87. The summed E-state index contributed by atoms with van der Waals surface area (Å²) >= 11 is 0. The Balaban J connectivity index is 0.00000180. The Morgan fingerprint density at radius 1 is 1.42 bits per heavy atom. The molecule has 0 aliphatic carbocycles. The van der Waals surface area contributed by atoms with Gasteiger partial charge in [-0.3, -0.25) is 0 Å². The van der Waals surface area contributed by atoms with Crippen LogP contribution in [0, 0.1) is 0 Å². The van der Waals surface area contributed by atoms with Gasteiger partial charge in [0.25, 0.3) is 0 Å². The Kier molecular flexibility index (Phi) is 6.67. The van der Waals surface area contributed by atoms with Gasteiger partial charge < -0.3 is 15.0 Å². The van der Waals surface area contributed by atoms with Crippen LogP contribution in [0.25, 0.3) is 0 Å². The van der Waals surface area contributed by atoms with Gasteiger partial charge in [0.15, 0.2) is 0 Å². The van der Waals surface area contributed by atoms with Crippen molar-refractivity contribution in [3.05, 3.63) is 35.9 Å². The molecule has 1 amide bonds. The van der Waals surface area contributed by atoms with Gasteiger partial charge in [0.05, 0.1) is 0 Å². The molecule has 19 heavy (non-hydrogen) atoms. The summed E-state index contributed by atoms with van der Waals surface area (Å²) in [5, 5.41) is 3.29. The summed E-state index contributed by atoms with van der Waals surface area (Å²) in [4.78, 5) is 13.8. The van der Waals surface area contributed by atoms with Crippen molar-refractivity contribution in [1.29, 1.82) is 0 Å². The average Bonchev–Trinajstić information content (AvgIpc) is 2.45. The molecule has 1 aliphatic heterocycles. The first kappa shape index (κ1) is 15.8. The fraction of sp³-hybridized carbons (Fsp3) is 0.500. The number of nitrogens with zero attached hydrogens (tertiary/aromatic N) is 1. The molecule has 1 atom stereocenters. The van der Waals surface area contributed by atoms with E-state index in [1.165, 1.54) is 0 Å². The lowest BCUT2D eigenvalue weighted by molar-refractivity contribution is 0.0713. The number of amides is 1. The van der Waals surface area contributed by atoms with Gasteiger partial charge in [-0.2, -0.15) is 0 Å². The smallest absolute Gasteiger partial charge is 0.410 e. The van der Waals surface area contributed by atoms with E-state index in [0.717, 1.165) is 31.6 Å². The summed E-state index contributed by atoms with van der Waals surface area (Å²) in [7, 11) is 0. The lowest BCUT2D eigenvalue weighted by atomic mass is 10.1. The minimum Gasteiger partial charge on any atom is -0.445 e. The molecule has 5 heteroatoms. The van der Waals surface area contributed by atoms with Gasteiger partial charge >= 0.3 is 6.09 Å². The van der Waals surface area contributed by atoms with Crippen LogP contribution in [-0.4, -0.2) is 36.7 Å². The molecule has 4 nitrogen and oxygen atoms in total. The first-order valence-electron chi connectivity index (χ1n) is 6.49. The Bertz CT molecular complexity index is 386. The third kappa shape index (κ3) is 4.40. The second-order valence-corrected chi connectivity index (χ2v) is 4.50. The molecule has 0 aromatic heterocycles. The molecule has 2 rings (SSSR count). The number of rotatable bonds is 3. The number of halogens is 1. The van der Waals surface area contributed by atoms with E-state index >= 15 is 0 Å². The fourth-order valence-electron chi connectivity index (χ4n) is 2.17. The largest absolute Gasteiger partial charge is 0.445 e. The highest BCUT2D eigenvalue weighted by Crippen LogP contribution is 2.10. The molecule has 1 aliphatic rings. The second-order valence-electron chi connectivity index (χ2n) is 4.50. The van der Waals surface area contributed by atoms with Gasteiger partial charge in [-0.25, -0.2) is 4.79 Å². The lowest BCUT2D eigenvalue weighted by Crippen LogP contribution is -2.53. The van der Waals surface area contributed by atoms with E-state index in [9.17, 15) is 4.79 Å². The van der Waals surface area contributed by atoms with E-state index in [1.54, 1.807) is 0 Å². The van der Waals surface area contributed by atoms with Crippen LogP contribution in [-0.2, 0) is 11.3 Å². The topological polar surface area (TPSA) is 41.6 Å². The maximum absolute atomic E-state index is 12.0. The summed E-state index contributed by atoms with van der Waals surface area (Å²) in [5.41, 5.74) is 1.02. The van der Waals surface area contributed by atoms with Crippen molar-refractivity contribution in [2.75, 3.05) is 19.6 Å². The SMILES string of the molecule is CC[C@H]1CNCCN1C(=O)OCc1ccccc1.Cl. The number of piperazine rings is 1. The van der Waals surface area contributed by atoms with Crippen LogP contribution in [0.2, 0.25) is 0 Å². The molecule has 1 saturated heterocycles. The zero-order valence-electron chi connectivity index (χ0n) is 11.2. The number of ether oxygens (including phenoxy) is 1. The van der Waals surface area contributed by atoms with Crippen LogP contribution >= 0.6 is 12.4 Å². The molecule has 0 spiro atoms. The Labute approximate surface area is 120 Å². The molecule has 0 radical (unpaired) electrons. The molecule has 1 heterocycles. The van der Waals surface area contributed by atoms with E-state index in [4.69, 9.17) is 4.74 Å². The number of hydrogen-bond acceptors (Lipinski definition) is 3. The zero-order valence-corrected chi connectivity index (χ0v) is 12.0. The normalized spacial score (nSPS) is 18.6. The molecule has 0 saturated carbocycles. The van der Waals surface area contributed by atoms with Crippen LogP contribution in [0.15, 0.2) is 30.3 Å². The van der Waals surface area contributed by atoms with Gasteiger partial charge in [-0.15, -0.1) is 12.4 Å². The predicted octanol–water partition coefficient (Wildman–Crippen LogP) is 2.43. The Morgan fingerprint density at radius 3 is 2.84 bits per heavy atom. The molecular formula is C14H21ClN2O2. The van der Waals surface area contributed by atoms with E-state index < -0.39 is 0 Å². The molecule has 1 fully saturated rings. The molecular weight excluding hydrogens is 264 g/mol. The zero-order chi connectivity index (χ0) is 12.8.